The van der Waals surface area contributed by atoms with Crippen LogP contribution >= 0.6 is 0 Å². The van der Waals surface area contributed by atoms with Gasteiger partial charge in [0.2, 0.25) is 0 Å². The Bertz CT molecular complexity index is 84.9. The predicted molar refractivity (Wildman–Crippen MR) is 37.3 cm³/mol. The first-order chi connectivity index (χ1) is 4.22. The summed E-state index contributed by atoms with van der Waals surface area (Å²) in [6.45, 7) is 3.21. The van der Waals surface area contributed by atoms with Crippen LogP contribution in [0.2, 0.25) is 0 Å². The Morgan fingerprint density at radius 1 is 1.56 bits per heavy atom. The number of aliphatic hydroxyl groups excluding tert-OH is 1. The summed E-state index contributed by atoms with van der Waals surface area (Å²) in [4.78, 5) is 2.20. The molecule has 1 aliphatic rings. The molecule has 9 heavy (non-hydrogen) atoms. The zero-order valence-corrected chi connectivity index (χ0v) is 6.17. The summed E-state index contributed by atoms with van der Waals surface area (Å²) >= 11 is 0. The minimum absolute atomic E-state index is 0.0938. The van der Waals surface area contributed by atoms with Crippen LogP contribution in [0.3, 0.4) is 0 Å². The minimum atomic E-state index is -0.0938. The average molecular weight is 129 g/mol. The van der Waals surface area contributed by atoms with E-state index in [4.69, 9.17) is 0 Å². The first kappa shape index (κ1) is 7.03. The van der Waals surface area contributed by atoms with Gasteiger partial charge in [0, 0.05) is 6.04 Å². The van der Waals surface area contributed by atoms with Crippen molar-refractivity contribution in [1.29, 1.82) is 0 Å². The summed E-state index contributed by atoms with van der Waals surface area (Å²) < 4.78 is 0. The van der Waals surface area contributed by atoms with Crippen LogP contribution in [0.4, 0.5) is 0 Å². The van der Waals surface area contributed by atoms with Gasteiger partial charge >= 0.3 is 0 Å². The number of rotatable bonds is 0. The van der Waals surface area contributed by atoms with Crippen LogP contribution in [-0.4, -0.2) is 35.7 Å². The molecule has 1 saturated heterocycles. The number of hydrogen-bond acceptors (Lipinski definition) is 2. The number of hydrogen-bond donors (Lipinski definition) is 1. The van der Waals surface area contributed by atoms with Crippen molar-refractivity contribution in [3.63, 3.8) is 0 Å². The molecule has 0 aromatic carbocycles. The molecule has 2 unspecified atom stereocenters. The lowest BCUT2D eigenvalue weighted by Crippen LogP contribution is -2.43. The third-order valence-corrected chi connectivity index (χ3v) is 2.26. The number of likely N-dealkylation sites (N-methyl/N-ethyl adjacent to an activating group) is 1. The van der Waals surface area contributed by atoms with Crippen LogP contribution in [0.25, 0.3) is 0 Å². The molecule has 1 N–H and O–H groups in total. The van der Waals surface area contributed by atoms with Gasteiger partial charge in [-0.25, -0.2) is 0 Å². The largest absolute Gasteiger partial charge is 0.392 e. The van der Waals surface area contributed by atoms with Crippen molar-refractivity contribution in [2.45, 2.75) is 31.9 Å². The van der Waals surface area contributed by atoms with E-state index in [2.05, 4.69) is 18.9 Å². The van der Waals surface area contributed by atoms with Crippen molar-refractivity contribution in [3.05, 3.63) is 0 Å². The Morgan fingerprint density at radius 2 is 2.22 bits per heavy atom. The monoisotopic (exact) mass is 129 g/mol. The maximum Gasteiger partial charge on any atom is 0.0693 e. The van der Waals surface area contributed by atoms with Gasteiger partial charge in [0.1, 0.15) is 0 Å². The summed E-state index contributed by atoms with van der Waals surface area (Å²) in [6.07, 6.45) is 2.02. The van der Waals surface area contributed by atoms with E-state index >= 15 is 0 Å². The van der Waals surface area contributed by atoms with E-state index in [0.29, 0.717) is 6.04 Å². The molecule has 1 fully saturated rings. The van der Waals surface area contributed by atoms with Crippen LogP contribution in [0, 0.1) is 0 Å². The van der Waals surface area contributed by atoms with E-state index in [1.165, 1.54) is 0 Å². The van der Waals surface area contributed by atoms with Crippen molar-refractivity contribution in [3.8, 4) is 0 Å². The molecule has 2 heteroatoms. The van der Waals surface area contributed by atoms with Crippen molar-refractivity contribution >= 4 is 0 Å². The smallest absolute Gasteiger partial charge is 0.0693 e. The molecule has 0 bridgehead atoms. The van der Waals surface area contributed by atoms with E-state index in [1.807, 2.05) is 0 Å². The fourth-order valence-electron chi connectivity index (χ4n) is 1.29. The molecule has 2 nitrogen and oxygen atoms in total. The van der Waals surface area contributed by atoms with Crippen LogP contribution in [0.5, 0.6) is 0 Å². The normalized spacial score (nSPS) is 39.0. The standard InChI is InChI=1S/C7H15NO/c1-6-7(9)4-3-5-8(6)2/h6-7,9H,3-5H2,1-2H3. The molecule has 1 heterocycles. The maximum absolute atomic E-state index is 9.31. The van der Waals surface area contributed by atoms with E-state index < -0.39 is 0 Å². The lowest BCUT2D eigenvalue weighted by molar-refractivity contribution is 0.0344. The number of piperidine rings is 1. The van der Waals surface area contributed by atoms with Gasteiger partial charge in [-0.3, -0.25) is 0 Å². The van der Waals surface area contributed by atoms with Crippen LogP contribution in [-0.2, 0) is 0 Å². The lowest BCUT2D eigenvalue weighted by Gasteiger charge is -2.33. The van der Waals surface area contributed by atoms with Gasteiger partial charge in [0.05, 0.1) is 6.10 Å². The third kappa shape index (κ3) is 1.43. The topological polar surface area (TPSA) is 23.5 Å². The number of likely N-dealkylation sites (tertiary alicyclic amines) is 1. The Labute approximate surface area is 56.5 Å². The van der Waals surface area contributed by atoms with Gasteiger partial charge in [-0.15, -0.1) is 0 Å². The van der Waals surface area contributed by atoms with Gasteiger partial charge in [-0.2, -0.15) is 0 Å². The molecule has 0 aromatic rings. The van der Waals surface area contributed by atoms with Crippen LogP contribution in [0.1, 0.15) is 19.8 Å². The molecule has 0 amide bonds. The van der Waals surface area contributed by atoms with Crippen LogP contribution < -0.4 is 0 Å². The molecule has 54 valence electrons. The van der Waals surface area contributed by atoms with Crippen molar-refractivity contribution in [1.82, 2.24) is 4.90 Å². The van der Waals surface area contributed by atoms with Gasteiger partial charge in [0.25, 0.3) is 0 Å². The maximum atomic E-state index is 9.31. The number of nitrogens with zero attached hydrogens (tertiary/aromatic N) is 1. The molecule has 0 saturated carbocycles. The Kier molecular flexibility index (Phi) is 2.09. The highest BCUT2D eigenvalue weighted by molar-refractivity contribution is 4.77. The molecule has 0 radical (unpaired) electrons. The van der Waals surface area contributed by atoms with Gasteiger partial charge < -0.3 is 10.0 Å². The van der Waals surface area contributed by atoms with E-state index in [9.17, 15) is 5.11 Å². The molecule has 2 atom stereocenters. The fourth-order valence-corrected chi connectivity index (χ4v) is 1.29. The molecule has 0 aliphatic carbocycles. The zero-order chi connectivity index (χ0) is 6.85. The minimum Gasteiger partial charge on any atom is -0.392 e. The fraction of sp³-hybridized carbons (Fsp3) is 1.00. The van der Waals surface area contributed by atoms with Crippen molar-refractivity contribution in [2.75, 3.05) is 13.6 Å². The third-order valence-electron chi connectivity index (χ3n) is 2.26. The second kappa shape index (κ2) is 2.67. The second-order valence-corrected chi connectivity index (χ2v) is 2.93. The predicted octanol–water partition coefficient (Wildman–Crippen LogP) is 0.461. The number of aliphatic hydroxyl groups is 1. The molecular formula is C7H15NO. The highest BCUT2D eigenvalue weighted by Crippen LogP contribution is 2.14. The van der Waals surface area contributed by atoms with E-state index in [-0.39, 0.29) is 6.10 Å². The second-order valence-electron chi connectivity index (χ2n) is 2.93. The van der Waals surface area contributed by atoms with E-state index in [0.717, 1.165) is 19.4 Å². The van der Waals surface area contributed by atoms with E-state index in [1.54, 1.807) is 0 Å². The molecule has 1 rings (SSSR count). The molecular weight excluding hydrogens is 114 g/mol. The van der Waals surface area contributed by atoms with Gasteiger partial charge in [-0.05, 0) is 33.4 Å². The average Bonchev–Trinajstić information content (AvgIpc) is 1.83. The molecule has 0 spiro atoms. The summed E-state index contributed by atoms with van der Waals surface area (Å²) in [5, 5.41) is 9.31. The van der Waals surface area contributed by atoms with Gasteiger partial charge in [0.15, 0.2) is 0 Å². The van der Waals surface area contributed by atoms with Crippen LogP contribution in [0.15, 0.2) is 0 Å². The quantitative estimate of drug-likeness (QED) is 0.513. The Hall–Kier alpha value is -0.0800. The Balaban J connectivity index is 2.41. The highest BCUT2D eigenvalue weighted by atomic mass is 16.3. The summed E-state index contributed by atoms with van der Waals surface area (Å²) in [6, 6.07) is 0.360. The SMILES string of the molecule is CC1C(O)CCCN1C. The summed E-state index contributed by atoms with van der Waals surface area (Å²) in [5.74, 6) is 0. The Morgan fingerprint density at radius 3 is 2.67 bits per heavy atom. The highest BCUT2D eigenvalue weighted by Gasteiger charge is 2.22. The van der Waals surface area contributed by atoms with Crippen molar-refractivity contribution < 1.29 is 5.11 Å². The molecule has 1 aliphatic heterocycles. The van der Waals surface area contributed by atoms with Gasteiger partial charge in [-0.1, -0.05) is 0 Å². The molecule has 0 aromatic heterocycles. The van der Waals surface area contributed by atoms with Crippen molar-refractivity contribution in [2.24, 2.45) is 0 Å². The summed E-state index contributed by atoms with van der Waals surface area (Å²) in [7, 11) is 2.06. The first-order valence-corrected chi connectivity index (χ1v) is 3.60. The first-order valence-electron chi connectivity index (χ1n) is 3.60. The lowest BCUT2D eigenvalue weighted by atomic mass is 10.0. The summed E-state index contributed by atoms with van der Waals surface area (Å²) in [5.41, 5.74) is 0. The zero-order valence-electron chi connectivity index (χ0n) is 6.17.